The predicted molar refractivity (Wildman–Crippen MR) is 105 cm³/mol. The van der Waals surface area contributed by atoms with Crippen molar-refractivity contribution in [2.24, 2.45) is 10.8 Å². The Morgan fingerprint density at radius 1 is 0.500 bits per heavy atom. The highest BCUT2D eigenvalue weighted by atomic mass is 14.1. The van der Waals surface area contributed by atoms with Crippen LogP contribution in [0, 0.1) is 34.5 Å². The fraction of sp³-hybridized carbons (Fsp3) is 0.333. The molecule has 0 bridgehead atoms. The molecule has 0 spiro atoms. The summed E-state index contributed by atoms with van der Waals surface area (Å²) in [5.41, 5.74) is 4.58. The molecule has 0 N–H and O–H groups in total. The molecule has 0 heteroatoms. The van der Waals surface area contributed by atoms with E-state index in [2.05, 4.69) is 114 Å². The van der Waals surface area contributed by atoms with Crippen LogP contribution in [0.3, 0.4) is 0 Å². The topological polar surface area (TPSA) is 0 Å². The van der Waals surface area contributed by atoms with Crippen molar-refractivity contribution in [3.8, 4) is 34.8 Å². The fourth-order valence-corrected chi connectivity index (χ4v) is 2.01. The lowest BCUT2D eigenvalue weighted by Crippen LogP contribution is -1.99. The van der Waals surface area contributed by atoms with Crippen molar-refractivity contribution in [3.63, 3.8) is 0 Å². The smallest absolute Gasteiger partial charge is 0.0245 e. The first-order valence-electron chi connectivity index (χ1n) is 8.39. The van der Waals surface area contributed by atoms with Gasteiger partial charge >= 0.3 is 0 Å². The molecule has 0 heterocycles. The van der Waals surface area contributed by atoms with Crippen LogP contribution in [0.1, 0.15) is 52.7 Å². The van der Waals surface area contributed by atoms with Crippen LogP contribution in [0.5, 0.6) is 0 Å². The van der Waals surface area contributed by atoms with Crippen molar-refractivity contribution in [2.45, 2.75) is 41.5 Å². The van der Waals surface area contributed by atoms with Crippen molar-refractivity contribution >= 4 is 0 Å². The van der Waals surface area contributed by atoms with E-state index in [0.717, 1.165) is 11.1 Å². The van der Waals surface area contributed by atoms with E-state index in [1.165, 1.54) is 11.1 Å². The van der Waals surface area contributed by atoms with Crippen molar-refractivity contribution in [2.75, 3.05) is 0 Å². The highest BCUT2D eigenvalue weighted by Gasteiger charge is 2.04. The maximum Gasteiger partial charge on any atom is 0.0245 e. The van der Waals surface area contributed by atoms with Crippen molar-refractivity contribution in [1.82, 2.24) is 0 Å². The van der Waals surface area contributed by atoms with Crippen LogP contribution in [-0.4, -0.2) is 0 Å². The first-order chi connectivity index (χ1) is 11.1. The van der Waals surface area contributed by atoms with E-state index in [9.17, 15) is 0 Å². The molecule has 0 unspecified atom stereocenters. The Kier molecular flexibility index (Phi) is 5.21. The molecule has 0 aliphatic rings. The third kappa shape index (κ3) is 5.98. The molecule has 0 nitrogen and oxygen atoms in total. The molecule has 0 aliphatic heterocycles. The van der Waals surface area contributed by atoms with E-state index >= 15 is 0 Å². The zero-order chi connectivity index (χ0) is 17.8. The molecule has 2 aromatic rings. The molecule has 122 valence electrons. The molecule has 0 amide bonds. The molecular formula is C24H26. The summed E-state index contributed by atoms with van der Waals surface area (Å²) < 4.78 is 0. The minimum absolute atomic E-state index is 0.0303. The van der Waals surface area contributed by atoms with E-state index in [4.69, 9.17) is 0 Å². The maximum absolute atomic E-state index is 3.27. The van der Waals surface area contributed by atoms with Crippen LogP contribution in [0.4, 0.5) is 0 Å². The lowest BCUT2D eigenvalue weighted by atomic mass is 9.96. The van der Waals surface area contributed by atoms with Crippen LogP contribution >= 0.6 is 0 Å². The molecular weight excluding hydrogens is 288 g/mol. The van der Waals surface area contributed by atoms with Gasteiger partial charge in [0.05, 0.1) is 0 Å². The van der Waals surface area contributed by atoms with Gasteiger partial charge in [-0.05, 0) is 76.9 Å². The van der Waals surface area contributed by atoms with Gasteiger partial charge in [-0.3, -0.25) is 0 Å². The Morgan fingerprint density at radius 2 is 0.792 bits per heavy atom. The second-order valence-electron chi connectivity index (χ2n) is 8.15. The molecule has 0 fully saturated rings. The Bertz CT molecular complexity index is 724. The van der Waals surface area contributed by atoms with Gasteiger partial charge in [-0.25, -0.2) is 0 Å². The number of hydrogen-bond donors (Lipinski definition) is 0. The summed E-state index contributed by atoms with van der Waals surface area (Å²) in [5, 5.41) is 0. The summed E-state index contributed by atoms with van der Waals surface area (Å²) in [7, 11) is 0. The van der Waals surface area contributed by atoms with Crippen molar-refractivity contribution in [3.05, 3.63) is 59.7 Å². The Morgan fingerprint density at radius 3 is 1.04 bits per heavy atom. The van der Waals surface area contributed by atoms with Crippen LogP contribution < -0.4 is 0 Å². The third-order valence-electron chi connectivity index (χ3n) is 3.27. The molecule has 0 saturated carbocycles. The van der Waals surface area contributed by atoms with E-state index in [1.54, 1.807) is 0 Å². The van der Waals surface area contributed by atoms with Gasteiger partial charge in [-0.2, -0.15) is 0 Å². The summed E-state index contributed by atoms with van der Waals surface area (Å²) in [4.78, 5) is 0. The van der Waals surface area contributed by atoms with Gasteiger partial charge in [0.2, 0.25) is 0 Å². The standard InChI is InChI=1S/C24H26/c1-23(2,3)17-15-19-7-11-21(12-8-19)22-13-9-20(10-14-22)16-18-24(4,5)6/h7-14H,1-6H3. The normalized spacial score (nSPS) is 11.1. The number of benzene rings is 2. The second-order valence-corrected chi connectivity index (χ2v) is 8.15. The largest absolute Gasteiger partial charge is 0.0920 e. The molecule has 24 heavy (non-hydrogen) atoms. The minimum Gasteiger partial charge on any atom is -0.0920 e. The van der Waals surface area contributed by atoms with E-state index in [-0.39, 0.29) is 10.8 Å². The molecule has 2 rings (SSSR count). The summed E-state index contributed by atoms with van der Waals surface area (Å²) in [6, 6.07) is 16.8. The van der Waals surface area contributed by atoms with Gasteiger partial charge in [0.15, 0.2) is 0 Å². The Balaban J connectivity index is 2.17. The zero-order valence-corrected chi connectivity index (χ0v) is 15.6. The second kappa shape index (κ2) is 6.98. The molecule has 0 aliphatic carbocycles. The third-order valence-corrected chi connectivity index (χ3v) is 3.27. The average molecular weight is 314 g/mol. The van der Waals surface area contributed by atoms with Crippen molar-refractivity contribution in [1.29, 1.82) is 0 Å². The quantitative estimate of drug-likeness (QED) is 0.554. The lowest BCUT2D eigenvalue weighted by molar-refractivity contribution is 0.570. The molecule has 2 aromatic carbocycles. The zero-order valence-electron chi connectivity index (χ0n) is 15.6. The van der Waals surface area contributed by atoms with Gasteiger partial charge in [0.1, 0.15) is 0 Å². The highest BCUT2D eigenvalue weighted by molar-refractivity contribution is 5.65. The van der Waals surface area contributed by atoms with Crippen molar-refractivity contribution < 1.29 is 0 Å². The van der Waals surface area contributed by atoms with Crippen LogP contribution in [0.25, 0.3) is 11.1 Å². The summed E-state index contributed by atoms with van der Waals surface area (Å²) in [5.74, 6) is 13.0. The van der Waals surface area contributed by atoms with E-state index in [0.29, 0.717) is 0 Å². The summed E-state index contributed by atoms with van der Waals surface area (Å²) in [6.07, 6.45) is 0. The number of hydrogen-bond acceptors (Lipinski definition) is 0. The monoisotopic (exact) mass is 314 g/mol. The molecule has 0 radical (unpaired) electrons. The summed E-state index contributed by atoms with van der Waals surface area (Å²) in [6.45, 7) is 12.7. The lowest BCUT2D eigenvalue weighted by Gasteiger charge is -2.07. The van der Waals surface area contributed by atoms with Gasteiger partial charge in [-0.15, -0.1) is 0 Å². The Labute approximate surface area is 147 Å². The minimum atomic E-state index is 0.0303. The van der Waals surface area contributed by atoms with Crippen LogP contribution in [0.2, 0.25) is 0 Å². The van der Waals surface area contributed by atoms with Gasteiger partial charge in [-0.1, -0.05) is 47.9 Å². The molecule has 0 aromatic heterocycles. The highest BCUT2D eigenvalue weighted by Crippen LogP contribution is 2.21. The predicted octanol–water partition coefficient (Wildman–Crippen LogP) is 6.15. The van der Waals surface area contributed by atoms with Gasteiger partial charge in [0, 0.05) is 22.0 Å². The first kappa shape index (κ1) is 17.9. The number of rotatable bonds is 1. The van der Waals surface area contributed by atoms with E-state index < -0.39 is 0 Å². The van der Waals surface area contributed by atoms with Gasteiger partial charge in [0.25, 0.3) is 0 Å². The average Bonchev–Trinajstić information content (AvgIpc) is 2.51. The molecule has 0 saturated heterocycles. The van der Waals surface area contributed by atoms with Crippen LogP contribution in [0.15, 0.2) is 48.5 Å². The Hall–Kier alpha value is -2.44. The SMILES string of the molecule is CC(C)(C)C#Cc1ccc(-c2ccc(C#CC(C)(C)C)cc2)cc1. The first-order valence-corrected chi connectivity index (χ1v) is 8.39. The van der Waals surface area contributed by atoms with E-state index in [1.807, 2.05) is 0 Å². The molecule has 0 atom stereocenters. The fourth-order valence-electron chi connectivity index (χ4n) is 2.01. The van der Waals surface area contributed by atoms with Gasteiger partial charge < -0.3 is 0 Å². The van der Waals surface area contributed by atoms with Crippen LogP contribution in [-0.2, 0) is 0 Å². The maximum atomic E-state index is 3.27. The summed E-state index contributed by atoms with van der Waals surface area (Å²) >= 11 is 0.